The molecule has 1 rings (SSSR count). The SMILES string of the molecule is CCNC(=NCc1cccc(C)n1)NCCCNC(=O)OC(C)(C)C.I. The zero-order valence-electron chi connectivity index (χ0n) is 16.4. The quantitative estimate of drug-likeness (QED) is 0.243. The molecule has 1 aromatic heterocycles. The molecule has 0 atom stereocenters. The molecule has 0 saturated heterocycles. The van der Waals surface area contributed by atoms with Gasteiger partial charge in [0.1, 0.15) is 5.60 Å². The second-order valence-electron chi connectivity index (χ2n) is 6.67. The summed E-state index contributed by atoms with van der Waals surface area (Å²) in [5.41, 5.74) is 1.44. The molecule has 0 aliphatic rings. The zero-order valence-corrected chi connectivity index (χ0v) is 18.7. The van der Waals surface area contributed by atoms with Gasteiger partial charge in [0, 0.05) is 25.3 Å². The minimum absolute atomic E-state index is 0. The summed E-state index contributed by atoms with van der Waals surface area (Å²) in [4.78, 5) is 20.5. The maximum absolute atomic E-state index is 11.5. The van der Waals surface area contributed by atoms with Gasteiger partial charge in [-0.3, -0.25) is 4.98 Å². The fourth-order valence-corrected chi connectivity index (χ4v) is 1.99. The topological polar surface area (TPSA) is 87.6 Å². The summed E-state index contributed by atoms with van der Waals surface area (Å²) in [6.45, 7) is 12.1. The highest BCUT2D eigenvalue weighted by Gasteiger charge is 2.15. The molecule has 0 unspecified atom stereocenters. The highest BCUT2D eigenvalue weighted by Crippen LogP contribution is 2.06. The number of rotatable bonds is 7. The molecule has 0 saturated carbocycles. The first-order valence-electron chi connectivity index (χ1n) is 8.71. The van der Waals surface area contributed by atoms with Crippen molar-refractivity contribution in [3.8, 4) is 0 Å². The third kappa shape index (κ3) is 11.9. The van der Waals surface area contributed by atoms with Gasteiger partial charge in [0.05, 0.1) is 12.2 Å². The summed E-state index contributed by atoms with van der Waals surface area (Å²) < 4.78 is 5.19. The van der Waals surface area contributed by atoms with E-state index in [2.05, 4.69) is 25.9 Å². The van der Waals surface area contributed by atoms with Gasteiger partial charge in [0.15, 0.2) is 5.96 Å². The Morgan fingerprint density at radius 3 is 2.50 bits per heavy atom. The van der Waals surface area contributed by atoms with E-state index in [1.807, 2.05) is 52.8 Å². The van der Waals surface area contributed by atoms with Gasteiger partial charge < -0.3 is 20.7 Å². The molecule has 0 aliphatic heterocycles. The summed E-state index contributed by atoms with van der Waals surface area (Å²) in [6.07, 6.45) is 0.380. The lowest BCUT2D eigenvalue weighted by Crippen LogP contribution is -2.39. The lowest BCUT2D eigenvalue weighted by molar-refractivity contribution is 0.0527. The van der Waals surface area contributed by atoms with Crippen LogP contribution in [0.1, 0.15) is 45.5 Å². The minimum atomic E-state index is -0.475. The van der Waals surface area contributed by atoms with Crippen molar-refractivity contribution in [2.75, 3.05) is 19.6 Å². The van der Waals surface area contributed by atoms with E-state index < -0.39 is 11.7 Å². The van der Waals surface area contributed by atoms with Crippen LogP contribution >= 0.6 is 24.0 Å². The molecular formula is C18H32IN5O2. The molecule has 0 aromatic carbocycles. The van der Waals surface area contributed by atoms with E-state index in [1.165, 1.54) is 0 Å². The van der Waals surface area contributed by atoms with Crippen LogP contribution in [-0.2, 0) is 11.3 Å². The van der Waals surface area contributed by atoms with Crippen LogP contribution in [0.5, 0.6) is 0 Å². The number of aliphatic imine (C=N–C) groups is 1. The first-order chi connectivity index (χ1) is 11.8. The largest absolute Gasteiger partial charge is 0.444 e. The van der Waals surface area contributed by atoms with Crippen LogP contribution in [0.25, 0.3) is 0 Å². The number of nitrogens with zero attached hydrogens (tertiary/aromatic N) is 2. The highest BCUT2D eigenvalue weighted by molar-refractivity contribution is 14.0. The minimum Gasteiger partial charge on any atom is -0.444 e. The molecule has 0 radical (unpaired) electrons. The monoisotopic (exact) mass is 477 g/mol. The highest BCUT2D eigenvalue weighted by atomic mass is 127. The van der Waals surface area contributed by atoms with E-state index in [4.69, 9.17) is 4.74 Å². The van der Waals surface area contributed by atoms with E-state index in [1.54, 1.807) is 0 Å². The number of carbonyl (C=O) groups is 1. The Morgan fingerprint density at radius 1 is 1.19 bits per heavy atom. The second kappa shape index (κ2) is 12.7. The third-order valence-corrected chi connectivity index (χ3v) is 3.00. The lowest BCUT2D eigenvalue weighted by Gasteiger charge is -2.19. The predicted octanol–water partition coefficient (Wildman–Crippen LogP) is 2.98. The van der Waals surface area contributed by atoms with Crippen molar-refractivity contribution in [3.05, 3.63) is 29.6 Å². The van der Waals surface area contributed by atoms with Crippen molar-refractivity contribution in [1.82, 2.24) is 20.9 Å². The molecule has 148 valence electrons. The van der Waals surface area contributed by atoms with Crippen molar-refractivity contribution in [3.63, 3.8) is 0 Å². The van der Waals surface area contributed by atoms with Gasteiger partial charge >= 0.3 is 6.09 Å². The van der Waals surface area contributed by atoms with E-state index in [9.17, 15) is 4.79 Å². The second-order valence-corrected chi connectivity index (χ2v) is 6.67. The molecule has 26 heavy (non-hydrogen) atoms. The number of ether oxygens (including phenoxy) is 1. The van der Waals surface area contributed by atoms with Crippen LogP contribution in [-0.4, -0.2) is 42.3 Å². The van der Waals surface area contributed by atoms with E-state index in [-0.39, 0.29) is 24.0 Å². The molecule has 0 spiro atoms. The smallest absolute Gasteiger partial charge is 0.407 e. The Kier molecular flexibility index (Phi) is 11.9. The van der Waals surface area contributed by atoms with Gasteiger partial charge in [-0.2, -0.15) is 0 Å². The average molecular weight is 477 g/mol. The molecule has 1 aromatic rings. The Balaban J connectivity index is 0.00000625. The summed E-state index contributed by atoms with van der Waals surface area (Å²) >= 11 is 0. The molecule has 1 heterocycles. The lowest BCUT2D eigenvalue weighted by atomic mass is 10.2. The molecule has 3 N–H and O–H groups in total. The standard InChI is InChI=1S/C18H31N5O2.HI/c1-6-19-16(22-13-15-10-7-9-14(2)23-15)20-11-8-12-21-17(24)25-18(3,4)5;/h7,9-10H,6,8,11-13H2,1-5H3,(H,21,24)(H2,19,20,22);1H. The maximum atomic E-state index is 11.5. The summed E-state index contributed by atoms with van der Waals surface area (Å²) in [5, 5.41) is 9.18. The predicted molar refractivity (Wildman–Crippen MR) is 116 cm³/mol. The number of pyridine rings is 1. The summed E-state index contributed by atoms with van der Waals surface area (Å²) in [5.74, 6) is 0.739. The fraction of sp³-hybridized carbons (Fsp3) is 0.611. The van der Waals surface area contributed by atoms with Gasteiger partial charge in [-0.25, -0.2) is 9.79 Å². The Bertz CT molecular complexity index is 573. The number of hydrogen-bond acceptors (Lipinski definition) is 4. The molecule has 8 heteroatoms. The van der Waals surface area contributed by atoms with Crippen LogP contribution in [0.3, 0.4) is 0 Å². The van der Waals surface area contributed by atoms with Crippen LogP contribution in [0.2, 0.25) is 0 Å². The number of halogens is 1. The van der Waals surface area contributed by atoms with Gasteiger partial charge in [0.2, 0.25) is 0 Å². The summed E-state index contributed by atoms with van der Waals surface area (Å²) in [7, 11) is 0. The van der Waals surface area contributed by atoms with Crippen molar-refractivity contribution in [2.45, 2.75) is 53.2 Å². The number of amides is 1. The number of alkyl carbamates (subject to hydrolysis) is 1. The van der Waals surface area contributed by atoms with Crippen LogP contribution in [0.15, 0.2) is 23.2 Å². The van der Waals surface area contributed by atoms with Gasteiger partial charge in [0.25, 0.3) is 0 Å². The van der Waals surface area contributed by atoms with Crippen molar-refractivity contribution < 1.29 is 9.53 Å². The number of aryl methyl sites for hydroxylation is 1. The van der Waals surface area contributed by atoms with Gasteiger partial charge in [-0.1, -0.05) is 6.07 Å². The average Bonchev–Trinajstić information content (AvgIpc) is 2.50. The Hall–Kier alpha value is -1.58. The number of nitrogens with one attached hydrogen (secondary N) is 3. The molecule has 1 amide bonds. The normalized spacial score (nSPS) is 11.3. The Morgan fingerprint density at radius 2 is 1.88 bits per heavy atom. The van der Waals surface area contributed by atoms with E-state index >= 15 is 0 Å². The van der Waals surface area contributed by atoms with Crippen LogP contribution in [0, 0.1) is 6.92 Å². The summed E-state index contributed by atoms with van der Waals surface area (Å²) in [6, 6.07) is 5.91. The first-order valence-corrected chi connectivity index (χ1v) is 8.71. The third-order valence-electron chi connectivity index (χ3n) is 3.00. The van der Waals surface area contributed by atoms with Crippen LogP contribution in [0.4, 0.5) is 4.79 Å². The molecular weight excluding hydrogens is 445 g/mol. The molecule has 0 bridgehead atoms. The fourth-order valence-electron chi connectivity index (χ4n) is 1.99. The first kappa shape index (κ1) is 24.4. The number of hydrogen-bond donors (Lipinski definition) is 3. The van der Waals surface area contributed by atoms with Crippen LogP contribution < -0.4 is 16.0 Å². The number of carbonyl (C=O) groups excluding carboxylic acids is 1. The molecule has 0 aliphatic carbocycles. The zero-order chi connectivity index (χ0) is 18.7. The maximum Gasteiger partial charge on any atom is 0.407 e. The molecule has 7 nitrogen and oxygen atoms in total. The number of aromatic nitrogens is 1. The van der Waals surface area contributed by atoms with Crippen molar-refractivity contribution >= 4 is 36.0 Å². The van der Waals surface area contributed by atoms with Gasteiger partial charge in [-0.05, 0) is 53.2 Å². The van der Waals surface area contributed by atoms with Crippen molar-refractivity contribution in [2.24, 2.45) is 4.99 Å². The Labute approximate surface area is 173 Å². The number of guanidine groups is 1. The van der Waals surface area contributed by atoms with Crippen molar-refractivity contribution in [1.29, 1.82) is 0 Å². The molecule has 0 fully saturated rings. The van der Waals surface area contributed by atoms with Gasteiger partial charge in [-0.15, -0.1) is 24.0 Å². The van der Waals surface area contributed by atoms with E-state index in [0.29, 0.717) is 19.6 Å². The van der Waals surface area contributed by atoms with E-state index in [0.717, 1.165) is 30.3 Å².